The van der Waals surface area contributed by atoms with Crippen molar-refractivity contribution in [3.8, 4) is 0 Å². The summed E-state index contributed by atoms with van der Waals surface area (Å²) < 4.78 is 0. The van der Waals surface area contributed by atoms with Crippen LogP contribution >= 0.6 is 0 Å². The molecule has 1 aliphatic rings. The lowest BCUT2D eigenvalue weighted by Gasteiger charge is -2.35. The van der Waals surface area contributed by atoms with Gasteiger partial charge in [0.15, 0.2) is 0 Å². The molecule has 2 rings (SSSR count). The van der Waals surface area contributed by atoms with Gasteiger partial charge in [0.2, 0.25) is 5.82 Å². The fourth-order valence-electron chi connectivity index (χ4n) is 2.46. The standard InChI is InChI=1S/C12H21N5O2/c1-12(2,8-17-6-4-3-5-7-17)14-10(18)9-13-11(19)16-15-9/h3-8H2,1-2H3,(H,14,18)(H2,13,15,16,19). The second kappa shape index (κ2) is 5.56. The first-order valence-corrected chi connectivity index (χ1v) is 6.66. The summed E-state index contributed by atoms with van der Waals surface area (Å²) in [6.45, 7) is 6.92. The number of piperidine rings is 1. The molecule has 7 heteroatoms. The lowest BCUT2D eigenvalue weighted by atomic mass is 10.0. The van der Waals surface area contributed by atoms with Crippen LogP contribution in [0.4, 0.5) is 0 Å². The summed E-state index contributed by atoms with van der Waals surface area (Å²) in [6, 6.07) is 0. The van der Waals surface area contributed by atoms with Crippen molar-refractivity contribution < 1.29 is 4.79 Å². The van der Waals surface area contributed by atoms with E-state index in [1.165, 1.54) is 19.3 Å². The maximum Gasteiger partial charge on any atom is 0.341 e. The number of hydrogen-bond acceptors (Lipinski definition) is 4. The molecule has 1 amide bonds. The topological polar surface area (TPSA) is 93.9 Å². The lowest BCUT2D eigenvalue weighted by molar-refractivity contribution is 0.0868. The molecular formula is C12H21N5O2. The van der Waals surface area contributed by atoms with Gasteiger partial charge in [0, 0.05) is 12.1 Å². The van der Waals surface area contributed by atoms with E-state index in [9.17, 15) is 9.59 Å². The Morgan fingerprint density at radius 1 is 1.37 bits per heavy atom. The maximum absolute atomic E-state index is 11.9. The van der Waals surface area contributed by atoms with Crippen LogP contribution in [0.3, 0.4) is 0 Å². The molecule has 0 unspecified atom stereocenters. The van der Waals surface area contributed by atoms with Crippen molar-refractivity contribution in [3.05, 3.63) is 16.3 Å². The van der Waals surface area contributed by atoms with E-state index in [-0.39, 0.29) is 17.3 Å². The van der Waals surface area contributed by atoms with E-state index < -0.39 is 5.69 Å². The molecule has 3 N–H and O–H groups in total. The molecule has 1 aliphatic heterocycles. The molecule has 0 aliphatic carbocycles. The van der Waals surface area contributed by atoms with Gasteiger partial charge in [0.05, 0.1) is 0 Å². The number of nitrogens with zero attached hydrogens (tertiary/aromatic N) is 2. The summed E-state index contributed by atoms with van der Waals surface area (Å²) in [7, 11) is 0. The maximum atomic E-state index is 11.9. The number of likely N-dealkylation sites (tertiary alicyclic amines) is 1. The smallest absolute Gasteiger partial charge is 0.341 e. The number of aromatic nitrogens is 3. The number of rotatable bonds is 4. The Bertz CT molecular complexity index is 484. The number of amides is 1. The molecule has 1 saturated heterocycles. The Morgan fingerprint density at radius 3 is 2.63 bits per heavy atom. The van der Waals surface area contributed by atoms with Crippen LogP contribution in [-0.2, 0) is 0 Å². The van der Waals surface area contributed by atoms with Crippen molar-refractivity contribution in [2.45, 2.75) is 38.6 Å². The van der Waals surface area contributed by atoms with Crippen molar-refractivity contribution in [1.29, 1.82) is 0 Å². The molecule has 0 radical (unpaired) electrons. The molecule has 1 fully saturated rings. The predicted molar refractivity (Wildman–Crippen MR) is 71.0 cm³/mol. The van der Waals surface area contributed by atoms with Gasteiger partial charge in [0.25, 0.3) is 5.91 Å². The van der Waals surface area contributed by atoms with Crippen LogP contribution < -0.4 is 11.0 Å². The fourth-order valence-corrected chi connectivity index (χ4v) is 2.46. The van der Waals surface area contributed by atoms with Crippen LogP contribution in [0.2, 0.25) is 0 Å². The van der Waals surface area contributed by atoms with Crippen LogP contribution in [0.5, 0.6) is 0 Å². The summed E-state index contributed by atoms with van der Waals surface area (Å²) in [5.41, 5.74) is -0.830. The number of carbonyl (C=O) groups is 1. The third-order valence-corrected chi connectivity index (χ3v) is 3.24. The molecular weight excluding hydrogens is 246 g/mol. The quantitative estimate of drug-likeness (QED) is 0.721. The first-order chi connectivity index (χ1) is 8.96. The van der Waals surface area contributed by atoms with E-state index in [4.69, 9.17) is 0 Å². The minimum absolute atomic E-state index is 0.0247. The van der Waals surface area contributed by atoms with E-state index in [1.807, 2.05) is 13.8 Å². The van der Waals surface area contributed by atoms with E-state index in [2.05, 4.69) is 25.4 Å². The molecule has 1 aromatic rings. The molecule has 0 bridgehead atoms. The number of hydrogen-bond donors (Lipinski definition) is 3. The fraction of sp³-hybridized carbons (Fsp3) is 0.750. The summed E-state index contributed by atoms with van der Waals surface area (Å²) in [4.78, 5) is 27.6. The zero-order chi connectivity index (χ0) is 13.9. The highest BCUT2D eigenvalue weighted by Gasteiger charge is 2.26. The van der Waals surface area contributed by atoms with Gasteiger partial charge in [-0.3, -0.25) is 9.78 Å². The van der Waals surface area contributed by atoms with Crippen molar-refractivity contribution in [1.82, 2.24) is 25.4 Å². The molecule has 106 valence electrons. The first kappa shape index (κ1) is 13.8. The second-order valence-electron chi connectivity index (χ2n) is 5.70. The third-order valence-electron chi connectivity index (χ3n) is 3.24. The van der Waals surface area contributed by atoms with Gasteiger partial charge in [-0.2, -0.15) is 0 Å². The van der Waals surface area contributed by atoms with Crippen molar-refractivity contribution >= 4 is 5.91 Å². The highest BCUT2D eigenvalue weighted by Crippen LogP contribution is 2.13. The Kier molecular flexibility index (Phi) is 4.04. The Morgan fingerprint density at radius 2 is 2.05 bits per heavy atom. The van der Waals surface area contributed by atoms with E-state index in [1.54, 1.807) is 0 Å². The number of H-pyrrole nitrogens is 2. The van der Waals surface area contributed by atoms with E-state index in [0.29, 0.717) is 0 Å². The summed E-state index contributed by atoms with van der Waals surface area (Å²) in [5, 5.41) is 8.71. The minimum atomic E-state index is -0.473. The molecule has 1 aromatic heterocycles. The largest absolute Gasteiger partial charge is 0.343 e. The Hall–Kier alpha value is -1.63. The molecule has 0 aromatic carbocycles. The van der Waals surface area contributed by atoms with Gasteiger partial charge >= 0.3 is 5.69 Å². The average molecular weight is 267 g/mol. The zero-order valence-electron chi connectivity index (χ0n) is 11.5. The van der Waals surface area contributed by atoms with E-state index >= 15 is 0 Å². The zero-order valence-corrected chi connectivity index (χ0v) is 11.5. The summed E-state index contributed by atoms with van der Waals surface area (Å²) in [5.74, 6) is -0.336. The van der Waals surface area contributed by atoms with Crippen LogP contribution in [0, 0.1) is 0 Å². The van der Waals surface area contributed by atoms with Crippen LogP contribution in [0.25, 0.3) is 0 Å². The van der Waals surface area contributed by atoms with Gasteiger partial charge < -0.3 is 10.2 Å². The number of carbonyl (C=O) groups excluding carboxylic acids is 1. The van der Waals surface area contributed by atoms with Crippen LogP contribution in [0.1, 0.15) is 43.7 Å². The molecule has 0 atom stereocenters. The lowest BCUT2D eigenvalue weighted by Crippen LogP contribution is -2.52. The molecule has 2 heterocycles. The average Bonchev–Trinajstić information content (AvgIpc) is 2.76. The van der Waals surface area contributed by atoms with Gasteiger partial charge in [-0.15, -0.1) is 5.10 Å². The second-order valence-corrected chi connectivity index (χ2v) is 5.70. The SMILES string of the molecule is CC(C)(CN1CCCCC1)NC(=O)c1n[nH]c(=O)[nH]1. The summed E-state index contributed by atoms with van der Waals surface area (Å²) in [6.07, 6.45) is 3.73. The first-order valence-electron chi connectivity index (χ1n) is 6.66. The number of aromatic amines is 2. The van der Waals surface area contributed by atoms with Crippen molar-refractivity contribution in [3.63, 3.8) is 0 Å². The van der Waals surface area contributed by atoms with Gasteiger partial charge in [-0.25, -0.2) is 9.89 Å². The normalized spacial score (nSPS) is 17.4. The van der Waals surface area contributed by atoms with Crippen molar-refractivity contribution in [2.75, 3.05) is 19.6 Å². The minimum Gasteiger partial charge on any atom is -0.343 e. The van der Waals surface area contributed by atoms with Gasteiger partial charge in [-0.05, 0) is 39.8 Å². The molecule has 0 saturated carbocycles. The Labute approximate surface area is 111 Å². The highest BCUT2D eigenvalue weighted by molar-refractivity contribution is 5.90. The van der Waals surface area contributed by atoms with Gasteiger partial charge in [0.1, 0.15) is 0 Å². The summed E-state index contributed by atoms with van der Waals surface area (Å²) >= 11 is 0. The monoisotopic (exact) mass is 267 g/mol. The molecule has 7 nitrogen and oxygen atoms in total. The molecule has 19 heavy (non-hydrogen) atoms. The van der Waals surface area contributed by atoms with Crippen molar-refractivity contribution in [2.24, 2.45) is 0 Å². The molecule has 0 spiro atoms. The van der Waals surface area contributed by atoms with Crippen LogP contribution in [-0.4, -0.2) is 51.2 Å². The third kappa shape index (κ3) is 3.92. The van der Waals surface area contributed by atoms with Gasteiger partial charge in [-0.1, -0.05) is 6.42 Å². The highest BCUT2D eigenvalue weighted by atomic mass is 16.2. The number of nitrogens with one attached hydrogen (secondary N) is 3. The van der Waals surface area contributed by atoms with Crippen LogP contribution in [0.15, 0.2) is 4.79 Å². The van der Waals surface area contributed by atoms with E-state index in [0.717, 1.165) is 19.6 Å². The Balaban J connectivity index is 1.92. The predicted octanol–water partition coefficient (Wildman–Crippen LogP) is 0.0923.